The quantitative estimate of drug-likeness (QED) is 0.681. The van der Waals surface area contributed by atoms with Crippen LogP contribution < -0.4 is 16.0 Å². The van der Waals surface area contributed by atoms with Crippen LogP contribution in [0.1, 0.15) is 6.42 Å². The number of nitrogens with one attached hydrogen (secondary N) is 3. The first kappa shape index (κ1) is 11.2. The summed E-state index contributed by atoms with van der Waals surface area (Å²) in [5.41, 5.74) is 0.521. The Kier molecular flexibility index (Phi) is 3.58. The van der Waals surface area contributed by atoms with E-state index in [9.17, 15) is 4.79 Å². The molecule has 1 fully saturated rings. The molecule has 1 aromatic heterocycles. The first-order valence-corrected chi connectivity index (χ1v) is 5.52. The monoisotopic (exact) mass is 240 g/mol. The number of anilines is 1. The molecule has 0 unspecified atom stereocenters. The summed E-state index contributed by atoms with van der Waals surface area (Å²) >= 11 is 5.82. The summed E-state index contributed by atoms with van der Waals surface area (Å²) in [5.74, 6) is 0. The highest BCUT2D eigenvalue weighted by atomic mass is 35.5. The number of hydrogen-bond acceptors (Lipinski definition) is 3. The van der Waals surface area contributed by atoms with Gasteiger partial charge in [-0.1, -0.05) is 11.6 Å². The molecule has 2 amide bonds. The van der Waals surface area contributed by atoms with E-state index in [1.165, 1.54) is 0 Å². The lowest BCUT2D eigenvalue weighted by Gasteiger charge is -2.12. The van der Waals surface area contributed by atoms with E-state index in [4.69, 9.17) is 11.6 Å². The minimum atomic E-state index is -0.247. The summed E-state index contributed by atoms with van der Waals surface area (Å²) in [5, 5.41) is 8.99. The maximum Gasteiger partial charge on any atom is 0.319 e. The summed E-state index contributed by atoms with van der Waals surface area (Å²) in [6.45, 7) is 1.76. The van der Waals surface area contributed by atoms with E-state index in [1.54, 1.807) is 18.3 Å². The van der Waals surface area contributed by atoms with Gasteiger partial charge < -0.3 is 16.0 Å². The van der Waals surface area contributed by atoms with Crippen molar-refractivity contribution in [2.75, 3.05) is 18.4 Å². The highest BCUT2D eigenvalue weighted by Gasteiger charge is 2.16. The fourth-order valence-electron chi connectivity index (χ4n) is 1.60. The Bertz CT molecular complexity index is 379. The Morgan fingerprint density at radius 3 is 3.19 bits per heavy atom. The van der Waals surface area contributed by atoms with Gasteiger partial charge in [0.1, 0.15) is 0 Å². The first-order chi connectivity index (χ1) is 7.75. The van der Waals surface area contributed by atoms with Gasteiger partial charge in [-0.05, 0) is 25.1 Å². The van der Waals surface area contributed by atoms with Gasteiger partial charge in [0.25, 0.3) is 0 Å². The third-order valence-corrected chi connectivity index (χ3v) is 2.70. The molecule has 1 atom stereocenters. The van der Waals surface area contributed by atoms with Crippen LogP contribution in [0.4, 0.5) is 10.5 Å². The van der Waals surface area contributed by atoms with Crippen LogP contribution in [0.25, 0.3) is 0 Å². The number of rotatable bonds is 2. The molecular formula is C10H13ClN4O. The number of urea groups is 1. The molecule has 1 aromatic rings. The second-order valence-corrected chi connectivity index (χ2v) is 3.99. The number of pyridine rings is 1. The molecule has 2 rings (SSSR count). The van der Waals surface area contributed by atoms with E-state index in [1.807, 2.05) is 0 Å². The molecular weight excluding hydrogens is 228 g/mol. The van der Waals surface area contributed by atoms with E-state index >= 15 is 0 Å². The van der Waals surface area contributed by atoms with E-state index in [-0.39, 0.29) is 12.1 Å². The molecule has 5 nitrogen and oxygen atoms in total. The Hall–Kier alpha value is -1.33. The van der Waals surface area contributed by atoms with Gasteiger partial charge >= 0.3 is 6.03 Å². The molecule has 0 spiro atoms. The van der Waals surface area contributed by atoms with Gasteiger partial charge in [0, 0.05) is 18.8 Å². The molecule has 0 bridgehead atoms. The molecule has 6 heteroatoms. The SMILES string of the molecule is O=C(Nc1cccnc1Cl)N[C@@H]1CCNC1. The lowest BCUT2D eigenvalue weighted by atomic mass is 10.3. The molecule has 1 aliphatic heterocycles. The molecule has 3 N–H and O–H groups in total. The van der Waals surface area contributed by atoms with E-state index in [0.29, 0.717) is 10.8 Å². The van der Waals surface area contributed by atoms with Crippen molar-refractivity contribution in [1.29, 1.82) is 0 Å². The fraction of sp³-hybridized carbons (Fsp3) is 0.400. The third kappa shape index (κ3) is 2.84. The number of hydrogen-bond donors (Lipinski definition) is 3. The minimum Gasteiger partial charge on any atom is -0.334 e. The van der Waals surface area contributed by atoms with Crippen molar-refractivity contribution in [1.82, 2.24) is 15.6 Å². The lowest BCUT2D eigenvalue weighted by Crippen LogP contribution is -2.39. The largest absolute Gasteiger partial charge is 0.334 e. The normalized spacial score (nSPS) is 19.4. The second-order valence-electron chi connectivity index (χ2n) is 3.63. The van der Waals surface area contributed by atoms with Crippen molar-refractivity contribution >= 4 is 23.3 Å². The lowest BCUT2D eigenvalue weighted by molar-refractivity contribution is 0.249. The Labute approximate surface area is 98.6 Å². The Morgan fingerprint density at radius 2 is 2.50 bits per heavy atom. The summed E-state index contributed by atoms with van der Waals surface area (Å²) in [6, 6.07) is 3.37. The fourth-order valence-corrected chi connectivity index (χ4v) is 1.77. The zero-order chi connectivity index (χ0) is 11.4. The minimum absolute atomic E-state index is 0.190. The molecule has 0 aliphatic carbocycles. The molecule has 0 radical (unpaired) electrons. The van der Waals surface area contributed by atoms with Gasteiger partial charge in [-0.3, -0.25) is 0 Å². The van der Waals surface area contributed by atoms with Crippen molar-refractivity contribution in [2.45, 2.75) is 12.5 Å². The predicted molar refractivity (Wildman–Crippen MR) is 62.7 cm³/mol. The third-order valence-electron chi connectivity index (χ3n) is 2.40. The predicted octanol–water partition coefficient (Wildman–Crippen LogP) is 1.22. The van der Waals surface area contributed by atoms with Crippen molar-refractivity contribution < 1.29 is 4.79 Å². The maximum absolute atomic E-state index is 11.6. The van der Waals surface area contributed by atoms with E-state index in [2.05, 4.69) is 20.9 Å². The summed E-state index contributed by atoms with van der Waals surface area (Å²) in [4.78, 5) is 15.5. The zero-order valence-electron chi connectivity index (χ0n) is 8.66. The van der Waals surface area contributed by atoms with E-state index in [0.717, 1.165) is 19.5 Å². The van der Waals surface area contributed by atoms with Gasteiger partial charge in [0.05, 0.1) is 5.69 Å². The molecule has 0 aromatic carbocycles. The second kappa shape index (κ2) is 5.14. The highest BCUT2D eigenvalue weighted by Crippen LogP contribution is 2.17. The van der Waals surface area contributed by atoms with Crippen molar-refractivity contribution in [3.63, 3.8) is 0 Å². The van der Waals surface area contributed by atoms with Crippen LogP contribution in [-0.2, 0) is 0 Å². The highest BCUT2D eigenvalue weighted by molar-refractivity contribution is 6.32. The van der Waals surface area contributed by atoms with Crippen LogP contribution in [0, 0.1) is 0 Å². The number of aromatic nitrogens is 1. The molecule has 1 saturated heterocycles. The summed E-state index contributed by atoms with van der Waals surface area (Å²) in [6.07, 6.45) is 2.53. The smallest absolute Gasteiger partial charge is 0.319 e. The zero-order valence-corrected chi connectivity index (χ0v) is 9.42. The van der Waals surface area contributed by atoms with Crippen LogP contribution in [-0.4, -0.2) is 30.1 Å². The summed E-state index contributed by atoms with van der Waals surface area (Å²) in [7, 11) is 0. The van der Waals surface area contributed by atoms with Gasteiger partial charge in [0.15, 0.2) is 5.15 Å². The van der Waals surface area contributed by atoms with Gasteiger partial charge in [-0.25, -0.2) is 9.78 Å². The van der Waals surface area contributed by atoms with E-state index < -0.39 is 0 Å². The standard InChI is InChI=1S/C10H13ClN4O/c11-9-8(2-1-4-13-9)15-10(16)14-7-3-5-12-6-7/h1-2,4,7,12H,3,5-6H2,(H2,14,15,16)/t7-/m1/s1. The van der Waals surface area contributed by atoms with Crippen molar-refractivity contribution in [2.24, 2.45) is 0 Å². The number of carbonyl (C=O) groups is 1. The molecule has 1 aliphatic rings. The van der Waals surface area contributed by atoms with Crippen LogP contribution in [0.5, 0.6) is 0 Å². The number of carbonyl (C=O) groups excluding carboxylic acids is 1. The van der Waals surface area contributed by atoms with Crippen molar-refractivity contribution in [3.05, 3.63) is 23.5 Å². The molecule has 2 heterocycles. The van der Waals surface area contributed by atoms with Crippen molar-refractivity contribution in [3.8, 4) is 0 Å². The average Bonchev–Trinajstić information content (AvgIpc) is 2.74. The topological polar surface area (TPSA) is 66.0 Å². The summed E-state index contributed by atoms with van der Waals surface area (Å²) < 4.78 is 0. The molecule has 16 heavy (non-hydrogen) atoms. The maximum atomic E-state index is 11.6. The molecule has 86 valence electrons. The van der Waals surface area contributed by atoms with Gasteiger partial charge in [-0.15, -0.1) is 0 Å². The number of halogens is 1. The Morgan fingerprint density at radius 1 is 1.62 bits per heavy atom. The van der Waals surface area contributed by atoms with Gasteiger partial charge in [0.2, 0.25) is 0 Å². The number of nitrogens with zero attached hydrogens (tertiary/aromatic N) is 1. The average molecular weight is 241 g/mol. The van der Waals surface area contributed by atoms with Crippen LogP contribution >= 0.6 is 11.6 Å². The first-order valence-electron chi connectivity index (χ1n) is 5.14. The van der Waals surface area contributed by atoms with Crippen LogP contribution in [0.2, 0.25) is 5.15 Å². The van der Waals surface area contributed by atoms with Crippen LogP contribution in [0.3, 0.4) is 0 Å². The Balaban J connectivity index is 1.89. The molecule has 0 saturated carbocycles. The van der Waals surface area contributed by atoms with Gasteiger partial charge in [-0.2, -0.15) is 0 Å². The van der Waals surface area contributed by atoms with Crippen LogP contribution in [0.15, 0.2) is 18.3 Å². The number of amides is 2.